The molecule has 1 aromatic rings. The van der Waals surface area contributed by atoms with Gasteiger partial charge in [-0.2, -0.15) is 0 Å². The first-order valence-corrected chi connectivity index (χ1v) is 5.07. The highest BCUT2D eigenvalue weighted by molar-refractivity contribution is 5.97. The molecule has 1 aliphatic heterocycles. The van der Waals surface area contributed by atoms with E-state index in [1.54, 1.807) is 31.5 Å². The number of urea groups is 1. The fourth-order valence-electron chi connectivity index (χ4n) is 1.83. The van der Waals surface area contributed by atoms with Gasteiger partial charge >= 0.3 is 6.03 Å². The normalized spacial score (nSPS) is 19.6. The SMILES string of the molecule is CC1=C(C(N)=O)[C@@H](c2ccncc2)NC(=O)N1. The lowest BCUT2D eigenvalue weighted by Gasteiger charge is -2.27. The van der Waals surface area contributed by atoms with Crippen molar-refractivity contribution in [3.05, 3.63) is 41.4 Å². The average Bonchev–Trinajstić information content (AvgIpc) is 2.28. The van der Waals surface area contributed by atoms with Gasteiger partial charge in [-0.1, -0.05) is 0 Å². The lowest BCUT2D eigenvalue weighted by Crippen LogP contribution is -2.46. The molecule has 6 heteroatoms. The van der Waals surface area contributed by atoms with E-state index >= 15 is 0 Å². The first-order valence-electron chi connectivity index (χ1n) is 5.07. The predicted octanol–water partition coefficient (Wildman–Crippen LogP) is 0.195. The lowest BCUT2D eigenvalue weighted by atomic mass is 9.96. The van der Waals surface area contributed by atoms with Crippen molar-refractivity contribution < 1.29 is 9.59 Å². The molecule has 0 radical (unpaired) electrons. The maximum Gasteiger partial charge on any atom is 0.319 e. The third-order valence-electron chi connectivity index (χ3n) is 2.57. The molecule has 1 aliphatic rings. The van der Waals surface area contributed by atoms with Crippen LogP contribution in [0.5, 0.6) is 0 Å². The summed E-state index contributed by atoms with van der Waals surface area (Å²) >= 11 is 0. The standard InChI is InChI=1S/C11H12N4O2/c1-6-8(10(12)16)9(15-11(17)14-6)7-2-4-13-5-3-7/h2-5,9H,1H3,(H2,12,16)(H2,14,15,17)/t9-/m1/s1. The van der Waals surface area contributed by atoms with Crippen LogP contribution in [-0.2, 0) is 4.79 Å². The summed E-state index contributed by atoms with van der Waals surface area (Å²) in [5.74, 6) is -0.559. The number of amides is 3. The van der Waals surface area contributed by atoms with Gasteiger partial charge in [0, 0.05) is 18.1 Å². The van der Waals surface area contributed by atoms with Crippen molar-refractivity contribution in [1.29, 1.82) is 0 Å². The molecule has 0 bridgehead atoms. The third kappa shape index (κ3) is 2.10. The molecule has 0 aromatic carbocycles. The quantitative estimate of drug-likeness (QED) is 0.679. The van der Waals surface area contributed by atoms with Crippen molar-refractivity contribution in [2.24, 2.45) is 5.73 Å². The van der Waals surface area contributed by atoms with Crippen LogP contribution in [0.2, 0.25) is 0 Å². The molecule has 3 amide bonds. The molecule has 0 unspecified atom stereocenters. The number of carbonyl (C=O) groups is 2. The molecule has 0 fully saturated rings. The van der Waals surface area contributed by atoms with Crippen molar-refractivity contribution in [2.75, 3.05) is 0 Å². The van der Waals surface area contributed by atoms with Gasteiger partial charge in [0.2, 0.25) is 5.91 Å². The number of hydrogen-bond acceptors (Lipinski definition) is 3. The first-order chi connectivity index (χ1) is 8.09. The smallest absolute Gasteiger partial charge is 0.319 e. The number of carbonyl (C=O) groups excluding carboxylic acids is 2. The van der Waals surface area contributed by atoms with Crippen LogP contribution in [0, 0.1) is 0 Å². The van der Waals surface area contributed by atoms with E-state index < -0.39 is 11.9 Å². The molecular formula is C11H12N4O2. The van der Waals surface area contributed by atoms with E-state index in [0.717, 1.165) is 5.56 Å². The average molecular weight is 232 g/mol. The fraction of sp³-hybridized carbons (Fsp3) is 0.182. The minimum Gasteiger partial charge on any atom is -0.366 e. The third-order valence-corrected chi connectivity index (χ3v) is 2.57. The number of nitrogens with one attached hydrogen (secondary N) is 2. The number of nitrogens with two attached hydrogens (primary N) is 1. The monoisotopic (exact) mass is 232 g/mol. The van der Waals surface area contributed by atoms with Crippen LogP contribution in [0.4, 0.5) is 4.79 Å². The van der Waals surface area contributed by atoms with Crippen LogP contribution in [0.15, 0.2) is 35.8 Å². The summed E-state index contributed by atoms with van der Waals surface area (Å²) in [6.07, 6.45) is 3.19. The Morgan fingerprint density at radius 3 is 2.65 bits per heavy atom. The number of allylic oxidation sites excluding steroid dienone is 1. The van der Waals surface area contributed by atoms with Gasteiger partial charge in [0.15, 0.2) is 0 Å². The zero-order valence-electron chi connectivity index (χ0n) is 9.23. The summed E-state index contributed by atoms with van der Waals surface area (Å²) in [4.78, 5) is 26.7. The summed E-state index contributed by atoms with van der Waals surface area (Å²) in [5.41, 5.74) is 6.93. The van der Waals surface area contributed by atoms with E-state index in [2.05, 4.69) is 15.6 Å². The van der Waals surface area contributed by atoms with Gasteiger partial charge in [-0.25, -0.2) is 4.79 Å². The number of rotatable bonds is 2. The second-order valence-electron chi connectivity index (χ2n) is 3.71. The number of hydrogen-bond donors (Lipinski definition) is 3. The molecule has 1 aromatic heterocycles. The van der Waals surface area contributed by atoms with Gasteiger partial charge in [-0.3, -0.25) is 9.78 Å². The fourth-order valence-corrected chi connectivity index (χ4v) is 1.83. The van der Waals surface area contributed by atoms with Crippen LogP contribution < -0.4 is 16.4 Å². The van der Waals surface area contributed by atoms with Crippen LogP contribution in [0.1, 0.15) is 18.5 Å². The van der Waals surface area contributed by atoms with Gasteiger partial charge in [0.05, 0.1) is 11.6 Å². The van der Waals surface area contributed by atoms with Crippen LogP contribution in [0.25, 0.3) is 0 Å². The van der Waals surface area contributed by atoms with Crippen molar-refractivity contribution in [2.45, 2.75) is 13.0 Å². The summed E-state index contributed by atoms with van der Waals surface area (Å²) in [7, 11) is 0. The van der Waals surface area contributed by atoms with E-state index in [1.807, 2.05) is 0 Å². The molecule has 0 aliphatic carbocycles. The summed E-state index contributed by atoms with van der Waals surface area (Å²) < 4.78 is 0. The number of aromatic nitrogens is 1. The maximum atomic E-state index is 11.4. The number of primary amides is 1. The molecule has 0 saturated heterocycles. The van der Waals surface area contributed by atoms with Gasteiger partial charge in [0.25, 0.3) is 0 Å². The molecule has 4 N–H and O–H groups in total. The zero-order valence-corrected chi connectivity index (χ0v) is 9.23. The van der Waals surface area contributed by atoms with Crippen molar-refractivity contribution in [3.63, 3.8) is 0 Å². The summed E-state index contributed by atoms with van der Waals surface area (Å²) in [6, 6.07) is 2.58. The summed E-state index contributed by atoms with van der Waals surface area (Å²) in [6.45, 7) is 1.65. The van der Waals surface area contributed by atoms with Gasteiger partial charge in [-0.15, -0.1) is 0 Å². The highest BCUT2D eigenvalue weighted by atomic mass is 16.2. The van der Waals surface area contributed by atoms with Crippen LogP contribution in [-0.4, -0.2) is 16.9 Å². The first kappa shape index (κ1) is 11.1. The molecule has 6 nitrogen and oxygen atoms in total. The van der Waals surface area contributed by atoms with Crippen LogP contribution in [0.3, 0.4) is 0 Å². The molecule has 17 heavy (non-hydrogen) atoms. The molecule has 2 heterocycles. The molecular weight excluding hydrogens is 220 g/mol. The van der Waals surface area contributed by atoms with E-state index in [0.29, 0.717) is 11.3 Å². The Kier molecular flexibility index (Phi) is 2.78. The largest absolute Gasteiger partial charge is 0.366 e. The zero-order chi connectivity index (χ0) is 12.4. The van der Waals surface area contributed by atoms with Gasteiger partial charge in [-0.05, 0) is 24.6 Å². The van der Waals surface area contributed by atoms with E-state index in [4.69, 9.17) is 5.73 Å². The topological polar surface area (TPSA) is 97.1 Å². The van der Waals surface area contributed by atoms with Gasteiger partial charge < -0.3 is 16.4 Å². The molecule has 88 valence electrons. The second kappa shape index (κ2) is 4.25. The minimum absolute atomic E-state index is 0.352. The van der Waals surface area contributed by atoms with Crippen molar-refractivity contribution in [1.82, 2.24) is 15.6 Å². The highest BCUT2D eigenvalue weighted by Gasteiger charge is 2.29. The lowest BCUT2D eigenvalue weighted by molar-refractivity contribution is -0.115. The van der Waals surface area contributed by atoms with Crippen LogP contribution >= 0.6 is 0 Å². The van der Waals surface area contributed by atoms with Gasteiger partial charge in [0.1, 0.15) is 0 Å². The van der Waals surface area contributed by atoms with E-state index in [-0.39, 0.29) is 6.03 Å². The predicted molar refractivity (Wildman–Crippen MR) is 60.5 cm³/mol. The van der Waals surface area contributed by atoms with Crippen molar-refractivity contribution >= 4 is 11.9 Å². The maximum absolute atomic E-state index is 11.4. The minimum atomic E-state index is -0.559. The second-order valence-corrected chi connectivity index (χ2v) is 3.71. The Morgan fingerprint density at radius 2 is 2.06 bits per heavy atom. The Balaban J connectivity index is 2.47. The Morgan fingerprint density at radius 1 is 1.41 bits per heavy atom. The highest BCUT2D eigenvalue weighted by Crippen LogP contribution is 2.25. The molecule has 0 spiro atoms. The Hall–Kier alpha value is -2.37. The number of pyridine rings is 1. The molecule has 0 saturated carbocycles. The number of nitrogens with zero attached hydrogens (tertiary/aromatic N) is 1. The van der Waals surface area contributed by atoms with E-state index in [9.17, 15) is 9.59 Å². The summed E-state index contributed by atoms with van der Waals surface area (Å²) in [5, 5.41) is 5.18. The van der Waals surface area contributed by atoms with E-state index in [1.165, 1.54) is 0 Å². The molecule has 2 rings (SSSR count). The Bertz CT molecular complexity index is 495. The van der Waals surface area contributed by atoms with Crippen molar-refractivity contribution in [3.8, 4) is 0 Å². The Labute approximate surface area is 97.9 Å². The molecule has 1 atom stereocenters.